The van der Waals surface area contributed by atoms with Crippen molar-refractivity contribution < 1.29 is 19.8 Å². The molecular weight excluding hydrogens is 416 g/mol. The van der Waals surface area contributed by atoms with Gasteiger partial charge in [0.05, 0.1) is 10.9 Å². The third-order valence-corrected chi connectivity index (χ3v) is 5.48. The van der Waals surface area contributed by atoms with E-state index in [0.29, 0.717) is 31.4 Å². The van der Waals surface area contributed by atoms with Gasteiger partial charge in [0.25, 0.3) is 5.91 Å². The molecule has 9 heteroatoms. The maximum atomic E-state index is 12.3. The van der Waals surface area contributed by atoms with E-state index >= 15 is 0 Å². The number of rotatable bonds is 5. The molecule has 0 aliphatic carbocycles. The predicted octanol–water partition coefficient (Wildman–Crippen LogP) is 1.97. The number of halogens is 1. The fraction of sp³-hybridized carbons (Fsp3) is 0.200. The lowest BCUT2D eigenvalue weighted by atomic mass is 10.1. The number of hydrogen-bond acceptors (Lipinski definition) is 5. The van der Waals surface area contributed by atoms with Gasteiger partial charge in [-0.2, -0.15) is 0 Å². The van der Waals surface area contributed by atoms with E-state index in [1.54, 1.807) is 18.2 Å². The van der Waals surface area contributed by atoms with E-state index in [2.05, 4.69) is 20.9 Å². The van der Waals surface area contributed by atoms with Crippen molar-refractivity contribution in [2.75, 3.05) is 0 Å². The maximum Gasteiger partial charge on any atom is 0.303 e. The third-order valence-electron chi connectivity index (χ3n) is 3.53. The molecule has 0 radical (unpaired) electrons. The average Bonchev–Trinajstić information content (AvgIpc) is 2.96. The van der Waals surface area contributed by atoms with Crippen molar-refractivity contribution in [1.82, 2.24) is 4.57 Å². The second-order valence-corrected chi connectivity index (χ2v) is 7.68. The largest absolute Gasteiger partial charge is 0.493 e. The minimum absolute atomic E-state index is 0.0208. The molecule has 1 aromatic heterocycles. The van der Waals surface area contributed by atoms with Gasteiger partial charge in [0.15, 0.2) is 3.95 Å². The Hall–Kier alpha value is -1.84. The summed E-state index contributed by atoms with van der Waals surface area (Å²) >= 11 is 9.73. The molecule has 1 aromatic carbocycles. The van der Waals surface area contributed by atoms with Crippen LogP contribution in [0.15, 0.2) is 27.7 Å². The molecule has 2 heterocycles. The summed E-state index contributed by atoms with van der Waals surface area (Å²) in [7, 11) is 0. The molecule has 1 aliphatic rings. The molecule has 0 spiro atoms. The average molecular weight is 427 g/mol. The second-order valence-electron chi connectivity index (χ2n) is 5.12. The summed E-state index contributed by atoms with van der Waals surface area (Å²) in [5.41, 5.74) is 0.317. The van der Waals surface area contributed by atoms with Crippen LogP contribution >= 0.6 is 39.5 Å². The van der Waals surface area contributed by atoms with E-state index in [1.165, 1.54) is 4.57 Å². The van der Waals surface area contributed by atoms with Crippen LogP contribution < -0.4 is 10.6 Å². The number of nitrogens with zero attached hydrogens (tertiary/aromatic N) is 2. The predicted molar refractivity (Wildman–Crippen MR) is 94.1 cm³/mol. The Kier molecular flexibility index (Phi) is 4.66. The van der Waals surface area contributed by atoms with Crippen LogP contribution in [-0.4, -0.2) is 26.7 Å². The lowest BCUT2D eigenvalue weighted by Gasteiger charge is -2.04. The van der Waals surface area contributed by atoms with E-state index in [4.69, 9.17) is 17.3 Å². The molecule has 124 valence electrons. The van der Waals surface area contributed by atoms with Crippen molar-refractivity contribution in [3.63, 3.8) is 0 Å². The highest BCUT2D eigenvalue weighted by atomic mass is 79.9. The van der Waals surface area contributed by atoms with Crippen molar-refractivity contribution in [1.29, 1.82) is 0 Å². The lowest BCUT2D eigenvalue weighted by Crippen LogP contribution is -2.22. The summed E-state index contributed by atoms with van der Waals surface area (Å²) in [6.45, 7) is 0.275. The number of aromatic hydroxyl groups is 1. The second kappa shape index (κ2) is 6.58. The number of fused-ring (bicyclic) bond motifs is 1. The Morgan fingerprint density at radius 1 is 1.42 bits per heavy atom. The molecule has 0 saturated heterocycles. The molecule has 2 N–H and O–H groups in total. The van der Waals surface area contributed by atoms with Crippen molar-refractivity contribution in [2.45, 2.75) is 19.4 Å². The van der Waals surface area contributed by atoms with Crippen LogP contribution in [0.3, 0.4) is 0 Å². The first kappa shape index (κ1) is 17.0. The highest BCUT2D eigenvalue weighted by Gasteiger charge is 2.25. The van der Waals surface area contributed by atoms with Crippen LogP contribution in [0.4, 0.5) is 0 Å². The van der Waals surface area contributed by atoms with Crippen LogP contribution in [0.5, 0.6) is 5.88 Å². The quantitative estimate of drug-likeness (QED) is 0.712. The Labute approximate surface area is 153 Å². The maximum absolute atomic E-state index is 12.3. The molecular formula is C15H11BrN2O4S2. The lowest BCUT2D eigenvalue weighted by molar-refractivity contribution is -0.137. The van der Waals surface area contributed by atoms with E-state index < -0.39 is 11.9 Å². The monoisotopic (exact) mass is 426 g/mol. The zero-order valence-electron chi connectivity index (χ0n) is 12.2. The molecule has 0 unspecified atom stereocenters. The summed E-state index contributed by atoms with van der Waals surface area (Å²) in [6, 6.07) is 5.29. The van der Waals surface area contributed by atoms with E-state index in [1.807, 2.05) is 0 Å². The fourth-order valence-corrected chi connectivity index (χ4v) is 4.20. The summed E-state index contributed by atoms with van der Waals surface area (Å²) < 4.78 is 2.64. The molecule has 3 rings (SSSR count). The van der Waals surface area contributed by atoms with E-state index in [-0.39, 0.29) is 18.8 Å². The fourth-order valence-electron chi connectivity index (χ4n) is 2.45. The van der Waals surface area contributed by atoms with Crippen LogP contribution in [0.1, 0.15) is 17.7 Å². The highest BCUT2D eigenvalue weighted by Crippen LogP contribution is 2.32. The van der Waals surface area contributed by atoms with Gasteiger partial charge in [0, 0.05) is 22.7 Å². The van der Waals surface area contributed by atoms with Crippen molar-refractivity contribution in [3.05, 3.63) is 42.1 Å². The first-order valence-corrected chi connectivity index (χ1v) is 8.98. The van der Waals surface area contributed by atoms with Gasteiger partial charge >= 0.3 is 5.97 Å². The SMILES string of the molecule is O=C(O)CCCn1c(O)c(C2=c3cc(Br)ccc3=NC2=O)sc1=S. The first-order valence-electron chi connectivity index (χ1n) is 6.96. The minimum Gasteiger partial charge on any atom is -0.493 e. The summed E-state index contributed by atoms with van der Waals surface area (Å²) in [4.78, 5) is 27.3. The van der Waals surface area contributed by atoms with Crippen LogP contribution in [0.25, 0.3) is 5.57 Å². The van der Waals surface area contributed by atoms with Gasteiger partial charge in [0.2, 0.25) is 5.88 Å². The molecule has 24 heavy (non-hydrogen) atoms. The normalized spacial score (nSPS) is 13.0. The number of aliphatic carboxylic acids is 1. The van der Waals surface area contributed by atoms with Crippen molar-refractivity contribution >= 4 is 56.9 Å². The molecule has 0 atom stereocenters. The number of benzene rings is 1. The van der Waals surface area contributed by atoms with Crippen LogP contribution in [-0.2, 0) is 16.1 Å². The Morgan fingerprint density at radius 3 is 2.88 bits per heavy atom. The molecule has 6 nitrogen and oxygen atoms in total. The number of aromatic nitrogens is 1. The minimum atomic E-state index is -0.908. The molecule has 1 aliphatic heterocycles. The van der Waals surface area contributed by atoms with Gasteiger partial charge in [-0.1, -0.05) is 15.9 Å². The van der Waals surface area contributed by atoms with Gasteiger partial charge in [-0.15, -0.1) is 11.3 Å². The molecule has 2 aromatic rings. The van der Waals surface area contributed by atoms with Gasteiger partial charge in [-0.3, -0.25) is 14.2 Å². The number of carbonyl (C=O) groups is 2. The summed E-state index contributed by atoms with van der Waals surface area (Å²) in [5, 5.41) is 20.4. The topological polar surface area (TPSA) is 91.9 Å². The zero-order valence-corrected chi connectivity index (χ0v) is 15.4. The molecule has 0 bridgehead atoms. The highest BCUT2D eigenvalue weighted by molar-refractivity contribution is 9.10. The Bertz CT molecular complexity index is 1040. The standard InChI is InChI=1S/C15H11BrN2O4S2/c16-7-3-4-9-8(6-7)11(13(21)17-9)12-14(22)18(15(23)24-12)5-1-2-10(19)20/h3-4,6,22H,1-2,5H2,(H,19,20). The van der Waals surface area contributed by atoms with Crippen molar-refractivity contribution in [2.24, 2.45) is 4.99 Å². The number of amides is 1. The number of carboxylic acid groups (broad SMARTS) is 1. The number of hydrogen-bond donors (Lipinski definition) is 2. The molecule has 1 amide bonds. The molecule has 0 saturated carbocycles. The van der Waals surface area contributed by atoms with Crippen LogP contribution in [0, 0.1) is 3.95 Å². The number of carbonyl (C=O) groups excluding carboxylic acids is 1. The van der Waals surface area contributed by atoms with Gasteiger partial charge in [0.1, 0.15) is 4.88 Å². The van der Waals surface area contributed by atoms with E-state index in [9.17, 15) is 14.7 Å². The summed E-state index contributed by atoms with van der Waals surface area (Å²) in [5.74, 6) is -1.46. The number of thiazole rings is 1. The van der Waals surface area contributed by atoms with Crippen molar-refractivity contribution in [3.8, 4) is 5.88 Å². The Morgan fingerprint density at radius 2 is 2.17 bits per heavy atom. The van der Waals surface area contributed by atoms with Crippen LogP contribution in [0.2, 0.25) is 0 Å². The Balaban J connectivity index is 2.10. The smallest absolute Gasteiger partial charge is 0.303 e. The summed E-state index contributed by atoms with van der Waals surface area (Å²) in [6.07, 6.45) is 0.316. The number of carboxylic acids is 1. The first-order chi connectivity index (χ1) is 11.4. The van der Waals surface area contributed by atoms with Gasteiger partial charge in [-0.25, -0.2) is 4.99 Å². The third kappa shape index (κ3) is 3.06. The zero-order chi connectivity index (χ0) is 17.4. The van der Waals surface area contributed by atoms with E-state index in [0.717, 1.165) is 15.8 Å². The van der Waals surface area contributed by atoms with Gasteiger partial charge in [-0.05, 0) is 36.8 Å². The van der Waals surface area contributed by atoms with Gasteiger partial charge < -0.3 is 10.2 Å². The molecule has 0 fully saturated rings.